The van der Waals surface area contributed by atoms with Crippen LogP contribution in [-0.2, 0) is 19.5 Å². The van der Waals surface area contributed by atoms with Crippen molar-refractivity contribution in [2.75, 3.05) is 26.3 Å². The molecule has 0 radical (unpaired) electrons. The highest BCUT2D eigenvalue weighted by molar-refractivity contribution is 9.10. The maximum Gasteiger partial charge on any atom is 0.338 e. The van der Waals surface area contributed by atoms with E-state index in [-0.39, 0.29) is 29.3 Å². The summed E-state index contributed by atoms with van der Waals surface area (Å²) in [5, 5.41) is 0.755. The number of para-hydroxylation sites is 1. The lowest BCUT2D eigenvalue weighted by Gasteiger charge is -2.26. The number of nitrogens with one attached hydrogen (secondary N) is 1. The Labute approximate surface area is 200 Å². The Morgan fingerprint density at radius 2 is 1.85 bits per heavy atom. The number of esters is 1. The van der Waals surface area contributed by atoms with E-state index in [0.29, 0.717) is 28.9 Å². The summed E-state index contributed by atoms with van der Waals surface area (Å²) in [6, 6.07) is 11.6. The summed E-state index contributed by atoms with van der Waals surface area (Å²) in [4.78, 5) is 29.0. The molecule has 1 atom stereocenters. The Morgan fingerprint density at radius 3 is 2.58 bits per heavy atom. The topological polar surface area (TPSA) is 106 Å². The van der Waals surface area contributed by atoms with Crippen molar-refractivity contribution in [1.82, 2.24) is 9.29 Å². The van der Waals surface area contributed by atoms with Gasteiger partial charge in [0.05, 0.1) is 23.7 Å². The molecule has 0 aliphatic carbocycles. The molecule has 2 aromatic carbocycles. The molecule has 33 heavy (non-hydrogen) atoms. The fourth-order valence-corrected chi connectivity index (χ4v) is 6.19. The number of benzene rings is 2. The summed E-state index contributed by atoms with van der Waals surface area (Å²) in [5.41, 5.74) is 2.02. The van der Waals surface area contributed by atoms with E-state index >= 15 is 0 Å². The maximum absolute atomic E-state index is 13.1. The number of rotatable bonds is 6. The molecule has 174 valence electrons. The maximum atomic E-state index is 13.1. The SMILES string of the molecule is Cc1[nH]c2ccccc2c1C(=O)C(C)OC(=O)c1ccc(Br)c(S(=O)(=O)N2CCOCC2)c1. The number of ether oxygens (including phenoxy) is 2. The average molecular weight is 535 g/mol. The summed E-state index contributed by atoms with van der Waals surface area (Å²) in [5.74, 6) is -1.11. The van der Waals surface area contributed by atoms with E-state index in [9.17, 15) is 18.0 Å². The van der Waals surface area contributed by atoms with Crippen LogP contribution in [0.1, 0.15) is 33.3 Å². The summed E-state index contributed by atoms with van der Waals surface area (Å²) < 4.78 is 38.4. The molecule has 1 saturated heterocycles. The van der Waals surface area contributed by atoms with Gasteiger partial charge in [-0.1, -0.05) is 18.2 Å². The van der Waals surface area contributed by atoms with Crippen LogP contribution in [0.5, 0.6) is 0 Å². The number of hydrogen-bond acceptors (Lipinski definition) is 6. The van der Waals surface area contributed by atoms with Gasteiger partial charge < -0.3 is 14.5 Å². The van der Waals surface area contributed by atoms with Gasteiger partial charge in [0, 0.05) is 39.7 Å². The highest BCUT2D eigenvalue weighted by Gasteiger charge is 2.30. The van der Waals surface area contributed by atoms with Crippen molar-refractivity contribution in [3.8, 4) is 0 Å². The second-order valence-corrected chi connectivity index (χ2v) is 10.5. The number of sulfonamides is 1. The number of fused-ring (bicyclic) bond motifs is 1. The Kier molecular flexibility index (Phi) is 6.71. The number of carbonyl (C=O) groups is 2. The number of halogens is 1. The fraction of sp³-hybridized carbons (Fsp3) is 0.304. The standard InChI is InChI=1S/C23H23BrN2O6S/c1-14-21(17-5-3-4-6-19(17)25-14)22(27)15(2)32-23(28)16-7-8-18(24)20(13-16)33(29,30)26-9-11-31-12-10-26/h3-8,13,15,25H,9-12H2,1-2H3. The molecule has 0 amide bonds. The van der Waals surface area contributed by atoms with Crippen LogP contribution in [0.3, 0.4) is 0 Å². The number of nitrogens with zero attached hydrogens (tertiary/aromatic N) is 1. The lowest BCUT2D eigenvalue weighted by Crippen LogP contribution is -2.40. The normalized spacial score (nSPS) is 16.0. The van der Waals surface area contributed by atoms with Crippen molar-refractivity contribution < 1.29 is 27.5 Å². The number of carbonyl (C=O) groups excluding carboxylic acids is 2. The Bertz CT molecular complexity index is 1330. The third-order valence-corrected chi connectivity index (χ3v) is 8.44. The predicted molar refractivity (Wildman–Crippen MR) is 126 cm³/mol. The fourth-order valence-electron chi connectivity index (χ4n) is 3.83. The van der Waals surface area contributed by atoms with Gasteiger partial charge in [-0.3, -0.25) is 4.79 Å². The molecule has 3 aromatic rings. The third kappa shape index (κ3) is 4.61. The second-order valence-electron chi connectivity index (χ2n) is 7.74. The molecule has 1 aliphatic rings. The van der Waals surface area contributed by atoms with E-state index in [2.05, 4.69) is 20.9 Å². The van der Waals surface area contributed by atoms with Gasteiger partial charge in [0.1, 0.15) is 0 Å². The minimum absolute atomic E-state index is 0.0368. The molecular formula is C23H23BrN2O6S. The lowest BCUT2D eigenvalue weighted by molar-refractivity contribution is 0.0319. The number of H-pyrrole nitrogens is 1. The quantitative estimate of drug-likeness (QED) is 0.381. The van der Waals surface area contributed by atoms with E-state index < -0.39 is 22.1 Å². The first-order valence-electron chi connectivity index (χ1n) is 10.4. The predicted octanol–water partition coefficient (Wildman–Crippen LogP) is 3.69. The van der Waals surface area contributed by atoms with Gasteiger partial charge in [0.2, 0.25) is 15.8 Å². The molecular weight excluding hydrogens is 512 g/mol. The van der Waals surface area contributed by atoms with E-state index in [1.165, 1.54) is 29.4 Å². The average Bonchev–Trinajstić information content (AvgIpc) is 3.14. The van der Waals surface area contributed by atoms with Crippen molar-refractivity contribution in [2.45, 2.75) is 24.8 Å². The minimum atomic E-state index is -3.83. The zero-order valence-electron chi connectivity index (χ0n) is 18.1. The molecule has 0 saturated carbocycles. The lowest BCUT2D eigenvalue weighted by atomic mass is 10.0. The van der Waals surface area contributed by atoms with Gasteiger partial charge in [-0.2, -0.15) is 4.31 Å². The molecule has 1 fully saturated rings. The third-order valence-electron chi connectivity index (χ3n) is 5.55. The van der Waals surface area contributed by atoms with Gasteiger partial charge in [-0.15, -0.1) is 0 Å². The van der Waals surface area contributed by atoms with E-state index in [1.54, 1.807) is 6.92 Å². The summed E-state index contributed by atoms with van der Waals surface area (Å²) in [7, 11) is -3.83. The number of Topliss-reactive ketones (excluding diaryl/α,β-unsaturated/α-hetero) is 1. The Balaban J connectivity index is 1.56. The van der Waals surface area contributed by atoms with Crippen LogP contribution in [0.15, 0.2) is 51.8 Å². The van der Waals surface area contributed by atoms with E-state index in [4.69, 9.17) is 9.47 Å². The monoisotopic (exact) mass is 534 g/mol. The van der Waals surface area contributed by atoms with Crippen LogP contribution in [0, 0.1) is 6.92 Å². The van der Waals surface area contributed by atoms with Crippen molar-refractivity contribution in [3.63, 3.8) is 0 Å². The first-order chi connectivity index (χ1) is 15.7. The molecule has 1 aliphatic heterocycles. The van der Waals surface area contributed by atoms with Crippen LogP contribution < -0.4 is 0 Å². The van der Waals surface area contributed by atoms with E-state index in [0.717, 1.165) is 10.9 Å². The molecule has 1 aromatic heterocycles. The van der Waals surface area contributed by atoms with Crippen LogP contribution in [0.4, 0.5) is 0 Å². The molecule has 2 heterocycles. The van der Waals surface area contributed by atoms with E-state index in [1.807, 2.05) is 24.3 Å². The highest BCUT2D eigenvalue weighted by Crippen LogP contribution is 2.28. The smallest absolute Gasteiger partial charge is 0.338 e. The molecule has 0 spiro atoms. The van der Waals surface area contributed by atoms with Crippen LogP contribution in [-0.4, -0.2) is 61.9 Å². The first kappa shape index (κ1) is 23.6. The van der Waals surface area contributed by atoms with Crippen LogP contribution in [0.2, 0.25) is 0 Å². The first-order valence-corrected chi connectivity index (χ1v) is 12.6. The number of morpholine rings is 1. The summed E-state index contributed by atoms with van der Waals surface area (Å²) >= 11 is 3.27. The van der Waals surface area contributed by atoms with Gasteiger partial charge in [-0.05, 0) is 54.0 Å². The molecule has 10 heteroatoms. The number of hydrogen-bond donors (Lipinski definition) is 1. The van der Waals surface area contributed by atoms with Gasteiger partial charge in [0.15, 0.2) is 6.10 Å². The molecule has 0 bridgehead atoms. The number of ketones is 1. The number of aromatic nitrogens is 1. The summed E-state index contributed by atoms with van der Waals surface area (Å²) in [6.45, 7) is 4.39. The Hall–Kier alpha value is -2.53. The Morgan fingerprint density at radius 1 is 1.15 bits per heavy atom. The minimum Gasteiger partial charge on any atom is -0.451 e. The van der Waals surface area contributed by atoms with Gasteiger partial charge in [0.25, 0.3) is 0 Å². The number of aryl methyl sites for hydroxylation is 1. The molecule has 8 nitrogen and oxygen atoms in total. The zero-order valence-corrected chi connectivity index (χ0v) is 20.5. The second kappa shape index (κ2) is 9.38. The van der Waals surface area contributed by atoms with Gasteiger partial charge in [-0.25, -0.2) is 13.2 Å². The van der Waals surface area contributed by atoms with Crippen molar-refractivity contribution in [3.05, 3.63) is 63.8 Å². The van der Waals surface area contributed by atoms with Crippen LogP contribution in [0.25, 0.3) is 10.9 Å². The van der Waals surface area contributed by atoms with Crippen molar-refractivity contribution in [1.29, 1.82) is 0 Å². The zero-order chi connectivity index (χ0) is 23.8. The number of aromatic amines is 1. The molecule has 1 N–H and O–H groups in total. The summed E-state index contributed by atoms with van der Waals surface area (Å²) in [6.07, 6.45) is -1.06. The van der Waals surface area contributed by atoms with Crippen molar-refractivity contribution >= 4 is 48.6 Å². The van der Waals surface area contributed by atoms with Crippen LogP contribution >= 0.6 is 15.9 Å². The molecule has 4 rings (SSSR count). The molecule has 1 unspecified atom stereocenters. The van der Waals surface area contributed by atoms with Crippen molar-refractivity contribution in [2.24, 2.45) is 0 Å². The largest absolute Gasteiger partial charge is 0.451 e. The highest BCUT2D eigenvalue weighted by atomic mass is 79.9. The van der Waals surface area contributed by atoms with Gasteiger partial charge >= 0.3 is 5.97 Å².